The number of allylic oxidation sites excluding steroid dienone is 2. The van der Waals surface area contributed by atoms with Gasteiger partial charge in [-0.25, -0.2) is 0 Å². The molecule has 3 nitrogen and oxygen atoms in total. The van der Waals surface area contributed by atoms with E-state index in [0.29, 0.717) is 18.0 Å². The Morgan fingerprint density at radius 2 is 2.06 bits per heavy atom. The first-order chi connectivity index (χ1) is 7.65. The van der Waals surface area contributed by atoms with Crippen LogP contribution in [0.15, 0.2) is 36.0 Å². The molecule has 1 aromatic carbocycles. The third kappa shape index (κ3) is 2.42. The Morgan fingerprint density at radius 1 is 1.31 bits per heavy atom. The summed E-state index contributed by atoms with van der Waals surface area (Å²) in [6.07, 6.45) is 3.24. The predicted molar refractivity (Wildman–Crippen MR) is 66.0 cm³/mol. The van der Waals surface area contributed by atoms with Crippen molar-refractivity contribution >= 4 is 17.2 Å². The number of rotatable bonds is 2. The van der Waals surface area contributed by atoms with Gasteiger partial charge >= 0.3 is 0 Å². The lowest BCUT2D eigenvalue weighted by Crippen LogP contribution is -2.16. The molecule has 2 rings (SSSR count). The molecule has 0 unspecified atom stereocenters. The van der Waals surface area contributed by atoms with E-state index in [1.807, 2.05) is 24.3 Å². The average Bonchev–Trinajstić information content (AvgIpc) is 2.20. The molecule has 0 heterocycles. The second-order valence-electron chi connectivity index (χ2n) is 4.36. The highest BCUT2D eigenvalue weighted by Crippen LogP contribution is 2.25. The summed E-state index contributed by atoms with van der Waals surface area (Å²) >= 11 is 0. The number of nitrogens with two attached hydrogens (primary N) is 1. The lowest BCUT2D eigenvalue weighted by molar-refractivity contribution is -0.115. The van der Waals surface area contributed by atoms with Crippen LogP contribution in [0.2, 0.25) is 0 Å². The molecule has 0 bridgehead atoms. The van der Waals surface area contributed by atoms with Crippen molar-refractivity contribution in [1.82, 2.24) is 0 Å². The highest BCUT2D eigenvalue weighted by atomic mass is 16.1. The summed E-state index contributed by atoms with van der Waals surface area (Å²) in [5.41, 5.74) is 8.37. The number of para-hydroxylation sites is 2. The summed E-state index contributed by atoms with van der Waals surface area (Å²) < 4.78 is 0. The summed E-state index contributed by atoms with van der Waals surface area (Å²) in [6.45, 7) is 2.08. The molecule has 84 valence electrons. The Bertz CT molecular complexity index is 437. The molecule has 1 aliphatic carbocycles. The maximum absolute atomic E-state index is 11.4. The Hall–Kier alpha value is -1.77. The van der Waals surface area contributed by atoms with Crippen LogP contribution in [0.3, 0.4) is 0 Å². The van der Waals surface area contributed by atoms with Crippen LogP contribution in [0.1, 0.15) is 19.8 Å². The summed E-state index contributed by atoms with van der Waals surface area (Å²) in [4.78, 5) is 11.4. The van der Waals surface area contributed by atoms with Crippen molar-refractivity contribution in [3.63, 3.8) is 0 Å². The average molecular weight is 216 g/mol. The van der Waals surface area contributed by atoms with Gasteiger partial charge in [-0.15, -0.1) is 0 Å². The molecule has 0 amide bonds. The van der Waals surface area contributed by atoms with Gasteiger partial charge in [0.1, 0.15) is 0 Å². The molecule has 0 aliphatic heterocycles. The number of nitrogen functional groups attached to an aromatic ring is 1. The molecular formula is C13H16N2O. The Labute approximate surface area is 95.3 Å². The van der Waals surface area contributed by atoms with Crippen molar-refractivity contribution in [3.8, 4) is 0 Å². The lowest BCUT2D eigenvalue weighted by atomic mass is 9.93. The summed E-state index contributed by atoms with van der Waals surface area (Å²) in [5, 5.41) is 3.23. The normalized spacial score (nSPS) is 20.4. The Kier molecular flexibility index (Phi) is 2.95. The number of benzene rings is 1. The number of carbonyl (C=O) groups is 1. The topological polar surface area (TPSA) is 55.1 Å². The van der Waals surface area contributed by atoms with E-state index in [1.54, 1.807) is 6.08 Å². The molecule has 1 atom stereocenters. The van der Waals surface area contributed by atoms with Gasteiger partial charge in [-0.1, -0.05) is 19.1 Å². The second-order valence-corrected chi connectivity index (χ2v) is 4.36. The molecule has 16 heavy (non-hydrogen) atoms. The molecule has 0 aromatic heterocycles. The van der Waals surface area contributed by atoms with E-state index >= 15 is 0 Å². The van der Waals surface area contributed by atoms with Crippen LogP contribution >= 0.6 is 0 Å². The first-order valence-electron chi connectivity index (χ1n) is 5.50. The molecule has 3 heteroatoms. The lowest BCUT2D eigenvalue weighted by Gasteiger charge is -2.20. The van der Waals surface area contributed by atoms with E-state index in [-0.39, 0.29) is 5.78 Å². The molecule has 0 radical (unpaired) electrons. The van der Waals surface area contributed by atoms with Crippen LogP contribution in [-0.2, 0) is 4.79 Å². The number of hydrogen-bond donors (Lipinski definition) is 2. The molecule has 0 fully saturated rings. The maximum Gasteiger partial charge on any atom is 0.157 e. The molecule has 0 saturated carbocycles. The SMILES string of the molecule is C[C@H]1CC(=O)C=C(Nc2ccccc2N)C1. The van der Waals surface area contributed by atoms with Crippen LogP contribution in [-0.4, -0.2) is 5.78 Å². The molecule has 1 aromatic rings. The first kappa shape index (κ1) is 10.7. The fraction of sp³-hybridized carbons (Fsp3) is 0.308. The van der Waals surface area contributed by atoms with Crippen LogP contribution < -0.4 is 11.1 Å². The highest BCUT2D eigenvalue weighted by Gasteiger charge is 2.17. The highest BCUT2D eigenvalue weighted by molar-refractivity contribution is 5.92. The van der Waals surface area contributed by atoms with E-state index in [9.17, 15) is 4.79 Å². The van der Waals surface area contributed by atoms with Gasteiger partial charge in [0.2, 0.25) is 0 Å². The minimum Gasteiger partial charge on any atom is -0.397 e. The van der Waals surface area contributed by atoms with Crippen LogP contribution in [0, 0.1) is 5.92 Å². The summed E-state index contributed by atoms with van der Waals surface area (Å²) in [6, 6.07) is 7.58. The summed E-state index contributed by atoms with van der Waals surface area (Å²) in [7, 11) is 0. The monoisotopic (exact) mass is 216 g/mol. The maximum atomic E-state index is 11.4. The smallest absolute Gasteiger partial charge is 0.157 e. The Morgan fingerprint density at radius 3 is 2.75 bits per heavy atom. The van der Waals surface area contributed by atoms with Gasteiger partial charge in [-0.05, 0) is 24.5 Å². The molecule has 1 aliphatic rings. The predicted octanol–water partition coefficient (Wildman–Crippen LogP) is 2.56. The van der Waals surface area contributed by atoms with Crippen molar-refractivity contribution in [2.75, 3.05) is 11.1 Å². The standard InChI is InChI=1S/C13H16N2O/c1-9-6-10(8-11(16)7-9)15-13-5-3-2-4-12(13)14/h2-5,8-9,15H,6-7,14H2,1H3/t9-/m1/s1. The van der Waals surface area contributed by atoms with Crippen LogP contribution in [0.5, 0.6) is 0 Å². The van der Waals surface area contributed by atoms with Gasteiger partial charge in [0.25, 0.3) is 0 Å². The van der Waals surface area contributed by atoms with Gasteiger partial charge in [0, 0.05) is 18.2 Å². The van der Waals surface area contributed by atoms with Crippen molar-refractivity contribution in [2.24, 2.45) is 5.92 Å². The number of hydrogen-bond acceptors (Lipinski definition) is 3. The Balaban J connectivity index is 2.16. The largest absolute Gasteiger partial charge is 0.397 e. The third-order valence-electron chi connectivity index (χ3n) is 2.71. The third-order valence-corrected chi connectivity index (χ3v) is 2.71. The van der Waals surface area contributed by atoms with Gasteiger partial charge < -0.3 is 11.1 Å². The molecule has 0 saturated heterocycles. The van der Waals surface area contributed by atoms with Gasteiger partial charge in [-0.2, -0.15) is 0 Å². The van der Waals surface area contributed by atoms with E-state index in [2.05, 4.69) is 12.2 Å². The van der Waals surface area contributed by atoms with Gasteiger partial charge in [0.05, 0.1) is 11.4 Å². The zero-order chi connectivity index (χ0) is 11.5. The zero-order valence-corrected chi connectivity index (χ0v) is 9.36. The molecule has 0 spiro atoms. The van der Waals surface area contributed by atoms with Crippen LogP contribution in [0.4, 0.5) is 11.4 Å². The zero-order valence-electron chi connectivity index (χ0n) is 9.36. The number of carbonyl (C=O) groups excluding carboxylic acids is 1. The van der Waals surface area contributed by atoms with Crippen molar-refractivity contribution < 1.29 is 4.79 Å². The fourth-order valence-electron chi connectivity index (χ4n) is 1.97. The van der Waals surface area contributed by atoms with Gasteiger partial charge in [-0.3, -0.25) is 4.79 Å². The number of anilines is 2. The second kappa shape index (κ2) is 4.39. The van der Waals surface area contributed by atoms with Crippen molar-refractivity contribution in [1.29, 1.82) is 0 Å². The molecule has 3 N–H and O–H groups in total. The minimum absolute atomic E-state index is 0.191. The summed E-state index contributed by atoms with van der Waals surface area (Å²) in [5.74, 6) is 0.598. The fourth-order valence-corrected chi connectivity index (χ4v) is 1.97. The molecular weight excluding hydrogens is 200 g/mol. The number of nitrogens with one attached hydrogen (secondary N) is 1. The van der Waals surface area contributed by atoms with Crippen LogP contribution in [0.25, 0.3) is 0 Å². The van der Waals surface area contributed by atoms with Crippen molar-refractivity contribution in [3.05, 3.63) is 36.0 Å². The van der Waals surface area contributed by atoms with Crippen molar-refractivity contribution in [2.45, 2.75) is 19.8 Å². The van der Waals surface area contributed by atoms with E-state index in [0.717, 1.165) is 17.8 Å². The number of ketones is 1. The van der Waals surface area contributed by atoms with E-state index in [1.165, 1.54) is 0 Å². The first-order valence-corrected chi connectivity index (χ1v) is 5.50. The van der Waals surface area contributed by atoms with E-state index in [4.69, 9.17) is 5.73 Å². The van der Waals surface area contributed by atoms with E-state index < -0.39 is 0 Å². The van der Waals surface area contributed by atoms with Gasteiger partial charge in [0.15, 0.2) is 5.78 Å². The minimum atomic E-state index is 0.191. The quantitative estimate of drug-likeness (QED) is 0.747.